The van der Waals surface area contributed by atoms with E-state index in [2.05, 4.69) is 15.2 Å². The summed E-state index contributed by atoms with van der Waals surface area (Å²) in [5.74, 6) is 1.12. The van der Waals surface area contributed by atoms with Gasteiger partial charge in [0.25, 0.3) is 5.56 Å². The molecule has 0 aliphatic rings. The number of aromatic nitrogens is 3. The zero-order valence-corrected chi connectivity index (χ0v) is 12.6. The monoisotopic (exact) mass is 296 g/mol. The molecule has 0 aliphatic heterocycles. The van der Waals surface area contributed by atoms with Gasteiger partial charge in [0, 0.05) is 18.0 Å². The fourth-order valence-corrected chi connectivity index (χ4v) is 2.13. The molecule has 6 heteroatoms. The van der Waals surface area contributed by atoms with Crippen LogP contribution in [-0.2, 0) is 0 Å². The van der Waals surface area contributed by atoms with E-state index in [9.17, 15) is 4.79 Å². The van der Waals surface area contributed by atoms with Gasteiger partial charge in [-0.1, -0.05) is 22.9 Å². The molecule has 0 saturated carbocycles. The topological polar surface area (TPSA) is 76.2 Å². The molecule has 0 radical (unpaired) electrons. The molecule has 1 N–H and O–H groups in total. The van der Waals surface area contributed by atoms with Crippen LogP contribution in [0, 0.1) is 20.8 Å². The second-order valence-corrected chi connectivity index (χ2v) is 5.18. The molecule has 112 valence electrons. The molecule has 0 fully saturated rings. The molecule has 2 heterocycles. The molecular weight excluding hydrogens is 280 g/mol. The first-order valence-electron chi connectivity index (χ1n) is 6.90. The van der Waals surface area contributed by atoms with E-state index in [1.54, 1.807) is 13.0 Å². The smallest absolute Gasteiger partial charge is 0.280 e. The standard InChI is InChI=1S/C16H16N4O2/c1-10-4-6-13(7-5-10)20-16(21)14(12(3)18-20)9-17-15-8-11(2)22-19-15/h4-9,18H,1-3H3. The highest BCUT2D eigenvalue weighted by atomic mass is 16.5. The Labute approximate surface area is 127 Å². The van der Waals surface area contributed by atoms with E-state index in [0.29, 0.717) is 17.1 Å². The number of H-pyrrole nitrogens is 1. The summed E-state index contributed by atoms with van der Waals surface area (Å²) in [6.07, 6.45) is 1.51. The molecule has 0 unspecified atom stereocenters. The third-order valence-corrected chi connectivity index (χ3v) is 3.35. The molecule has 0 amide bonds. The maximum atomic E-state index is 12.5. The number of benzene rings is 1. The van der Waals surface area contributed by atoms with E-state index >= 15 is 0 Å². The average Bonchev–Trinajstić information content (AvgIpc) is 3.02. The van der Waals surface area contributed by atoms with Crippen LogP contribution in [0.2, 0.25) is 0 Å². The van der Waals surface area contributed by atoms with Gasteiger partial charge in [-0.2, -0.15) is 0 Å². The van der Waals surface area contributed by atoms with Gasteiger partial charge >= 0.3 is 0 Å². The Morgan fingerprint density at radius 3 is 2.59 bits per heavy atom. The Kier molecular flexibility index (Phi) is 3.50. The van der Waals surface area contributed by atoms with Crippen LogP contribution in [0.4, 0.5) is 5.82 Å². The highest BCUT2D eigenvalue weighted by molar-refractivity contribution is 5.82. The summed E-state index contributed by atoms with van der Waals surface area (Å²) in [5.41, 5.74) is 3.03. The third kappa shape index (κ3) is 2.63. The number of hydrogen-bond donors (Lipinski definition) is 1. The van der Waals surface area contributed by atoms with Gasteiger partial charge in [0.2, 0.25) is 0 Å². The van der Waals surface area contributed by atoms with Gasteiger partial charge in [0.05, 0.1) is 11.3 Å². The fraction of sp³-hybridized carbons (Fsp3) is 0.188. The molecule has 0 bridgehead atoms. The second kappa shape index (κ2) is 5.48. The molecule has 0 atom stereocenters. The molecule has 1 aromatic carbocycles. The van der Waals surface area contributed by atoms with Gasteiger partial charge in [-0.05, 0) is 32.9 Å². The first-order valence-corrected chi connectivity index (χ1v) is 6.90. The number of hydrogen-bond acceptors (Lipinski definition) is 4. The lowest BCUT2D eigenvalue weighted by atomic mass is 10.2. The summed E-state index contributed by atoms with van der Waals surface area (Å²) in [7, 11) is 0. The lowest BCUT2D eigenvalue weighted by Crippen LogP contribution is -2.17. The Morgan fingerprint density at radius 1 is 1.23 bits per heavy atom. The number of aromatic amines is 1. The average molecular weight is 296 g/mol. The normalized spacial score (nSPS) is 11.4. The third-order valence-electron chi connectivity index (χ3n) is 3.35. The van der Waals surface area contributed by atoms with E-state index in [0.717, 1.165) is 16.9 Å². The zero-order valence-electron chi connectivity index (χ0n) is 12.6. The van der Waals surface area contributed by atoms with Crippen molar-refractivity contribution in [1.29, 1.82) is 0 Å². The Hall–Kier alpha value is -2.89. The van der Waals surface area contributed by atoms with Gasteiger partial charge in [-0.15, -0.1) is 0 Å². The van der Waals surface area contributed by atoms with Crippen LogP contribution in [0.25, 0.3) is 5.69 Å². The maximum absolute atomic E-state index is 12.5. The Balaban J connectivity index is 1.98. The quantitative estimate of drug-likeness (QED) is 0.755. The fourth-order valence-electron chi connectivity index (χ4n) is 2.13. The molecule has 6 nitrogen and oxygen atoms in total. The molecular formula is C16H16N4O2. The van der Waals surface area contributed by atoms with Crippen LogP contribution < -0.4 is 5.56 Å². The van der Waals surface area contributed by atoms with Crippen molar-refractivity contribution < 1.29 is 4.52 Å². The van der Waals surface area contributed by atoms with Gasteiger partial charge in [-0.3, -0.25) is 9.89 Å². The van der Waals surface area contributed by atoms with E-state index < -0.39 is 0 Å². The van der Waals surface area contributed by atoms with Crippen molar-refractivity contribution >= 4 is 12.0 Å². The lowest BCUT2D eigenvalue weighted by molar-refractivity contribution is 0.399. The SMILES string of the molecule is Cc1ccc(-n2[nH]c(C)c(C=Nc3cc(C)on3)c2=O)cc1. The number of aliphatic imine (C=N–C) groups is 1. The van der Waals surface area contributed by atoms with Gasteiger partial charge in [0.1, 0.15) is 5.76 Å². The summed E-state index contributed by atoms with van der Waals surface area (Å²) in [6.45, 7) is 5.63. The summed E-state index contributed by atoms with van der Waals surface area (Å²) in [5, 5.41) is 6.83. The molecule has 0 spiro atoms. The van der Waals surface area contributed by atoms with Crippen LogP contribution in [0.5, 0.6) is 0 Å². The van der Waals surface area contributed by atoms with Gasteiger partial charge in [0.15, 0.2) is 5.82 Å². The van der Waals surface area contributed by atoms with Crippen molar-refractivity contribution in [2.24, 2.45) is 4.99 Å². The first kappa shape index (κ1) is 14.1. The lowest BCUT2D eigenvalue weighted by Gasteiger charge is -2.01. The Bertz CT molecular complexity index is 882. The van der Waals surface area contributed by atoms with Crippen molar-refractivity contribution in [1.82, 2.24) is 14.9 Å². The number of nitrogens with zero attached hydrogens (tertiary/aromatic N) is 3. The predicted molar refractivity (Wildman–Crippen MR) is 84.4 cm³/mol. The summed E-state index contributed by atoms with van der Waals surface area (Å²) in [6, 6.07) is 9.42. The number of aryl methyl sites for hydroxylation is 3. The minimum Gasteiger partial charge on any atom is -0.359 e. The molecule has 22 heavy (non-hydrogen) atoms. The van der Waals surface area contributed by atoms with Gasteiger partial charge < -0.3 is 4.52 Å². The summed E-state index contributed by atoms with van der Waals surface area (Å²) in [4.78, 5) is 16.7. The molecule has 0 aliphatic carbocycles. The first-order chi connectivity index (χ1) is 10.5. The van der Waals surface area contributed by atoms with E-state index in [-0.39, 0.29) is 5.56 Å². The highest BCUT2D eigenvalue weighted by Crippen LogP contribution is 2.12. The highest BCUT2D eigenvalue weighted by Gasteiger charge is 2.10. The second-order valence-electron chi connectivity index (χ2n) is 5.18. The van der Waals surface area contributed by atoms with Crippen LogP contribution in [0.1, 0.15) is 22.6 Å². The molecule has 3 rings (SSSR count). The zero-order chi connectivity index (χ0) is 15.7. The van der Waals surface area contributed by atoms with Crippen molar-refractivity contribution in [2.45, 2.75) is 20.8 Å². The molecule has 0 saturated heterocycles. The minimum atomic E-state index is -0.148. The van der Waals surface area contributed by atoms with E-state index in [4.69, 9.17) is 4.52 Å². The van der Waals surface area contributed by atoms with Crippen molar-refractivity contribution in [3.05, 3.63) is 63.3 Å². The van der Waals surface area contributed by atoms with Gasteiger partial charge in [-0.25, -0.2) is 9.67 Å². The largest absolute Gasteiger partial charge is 0.359 e. The van der Waals surface area contributed by atoms with Crippen LogP contribution in [0.15, 0.2) is 44.6 Å². The van der Waals surface area contributed by atoms with Crippen LogP contribution in [0.3, 0.4) is 0 Å². The molecule has 3 aromatic rings. The van der Waals surface area contributed by atoms with Crippen molar-refractivity contribution in [3.8, 4) is 5.69 Å². The van der Waals surface area contributed by atoms with Crippen LogP contribution >= 0.6 is 0 Å². The summed E-state index contributed by atoms with van der Waals surface area (Å²) < 4.78 is 6.45. The molecule has 2 aromatic heterocycles. The number of rotatable bonds is 3. The van der Waals surface area contributed by atoms with Crippen molar-refractivity contribution in [3.63, 3.8) is 0 Å². The summed E-state index contributed by atoms with van der Waals surface area (Å²) >= 11 is 0. The van der Waals surface area contributed by atoms with E-state index in [1.807, 2.05) is 38.1 Å². The van der Waals surface area contributed by atoms with E-state index in [1.165, 1.54) is 10.9 Å². The van der Waals surface area contributed by atoms with Crippen molar-refractivity contribution in [2.75, 3.05) is 0 Å². The number of nitrogens with one attached hydrogen (secondary N) is 1. The maximum Gasteiger partial charge on any atom is 0.280 e. The predicted octanol–water partition coefficient (Wildman–Crippen LogP) is 2.83. The van der Waals surface area contributed by atoms with Crippen LogP contribution in [-0.4, -0.2) is 21.2 Å². The minimum absolute atomic E-state index is 0.148. The Morgan fingerprint density at radius 2 is 1.95 bits per heavy atom.